The number of aromatic nitrogens is 1. The Labute approximate surface area is 132 Å². The van der Waals surface area contributed by atoms with Gasteiger partial charge in [0.2, 0.25) is 0 Å². The number of rotatable bonds is 2. The standard InChI is InChI=1S/C20H13NO2/c22-20(23)14-9-8-13-5-3-7-17(18(13)10-14)19-12-21-11-15-4-1-2-6-16(15)19/h1-12H,(H,22,23). The minimum absolute atomic E-state index is 0.290. The molecule has 110 valence electrons. The summed E-state index contributed by atoms with van der Waals surface area (Å²) < 4.78 is 0. The van der Waals surface area contributed by atoms with Crippen LogP contribution in [-0.4, -0.2) is 16.1 Å². The van der Waals surface area contributed by atoms with Crippen LogP contribution in [0.4, 0.5) is 0 Å². The van der Waals surface area contributed by atoms with Crippen molar-refractivity contribution in [1.82, 2.24) is 4.98 Å². The lowest BCUT2D eigenvalue weighted by atomic mass is 9.95. The molecule has 4 aromatic rings. The van der Waals surface area contributed by atoms with E-state index in [1.165, 1.54) is 0 Å². The van der Waals surface area contributed by atoms with Gasteiger partial charge < -0.3 is 5.11 Å². The summed E-state index contributed by atoms with van der Waals surface area (Å²) in [6.45, 7) is 0. The molecule has 23 heavy (non-hydrogen) atoms. The summed E-state index contributed by atoms with van der Waals surface area (Å²) >= 11 is 0. The van der Waals surface area contributed by atoms with Crippen molar-refractivity contribution < 1.29 is 9.90 Å². The maximum Gasteiger partial charge on any atom is 0.335 e. The number of carboxylic acids is 1. The summed E-state index contributed by atoms with van der Waals surface area (Å²) in [5.41, 5.74) is 2.30. The third kappa shape index (κ3) is 2.23. The molecular weight excluding hydrogens is 286 g/mol. The predicted octanol–water partition coefficient (Wildman–Crippen LogP) is 4.75. The zero-order valence-corrected chi connectivity index (χ0v) is 12.2. The zero-order valence-electron chi connectivity index (χ0n) is 12.2. The van der Waals surface area contributed by atoms with E-state index in [0.29, 0.717) is 0 Å². The van der Waals surface area contributed by atoms with E-state index in [1.54, 1.807) is 12.1 Å². The van der Waals surface area contributed by atoms with Crippen molar-refractivity contribution in [3.63, 3.8) is 0 Å². The molecule has 0 amide bonds. The smallest absolute Gasteiger partial charge is 0.335 e. The van der Waals surface area contributed by atoms with Crippen molar-refractivity contribution >= 4 is 27.5 Å². The van der Waals surface area contributed by atoms with Crippen LogP contribution in [0, 0.1) is 0 Å². The Hall–Kier alpha value is -3.20. The van der Waals surface area contributed by atoms with Crippen LogP contribution in [0.3, 0.4) is 0 Å². The molecule has 0 aliphatic rings. The van der Waals surface area contributed by atoms with E-state index in [2.05, 4.69) is 11.1 Å². The molecule has 0 aliphatic heterocycles. The first-order chi connectivity index (χ1) is 11.2. The lowest BCUT2D eigenvalue weighted by molar-refractivity contribution is 0.0697. The molecule has 3 aromatic carbocycles. The first-order valence-electron chi connectivity index (χ1n) is 7.33. The summed E-state index contributed by atoms with van der Waals surface area (Å²) in [5, 5.41) is 13.4. The first kappa shape index (κ1) is 13.5. The molecule has 3 heteroatoms. The van der Waals surface area contributed by atoms with Gasteiger partial charge >= 0.3 is 5.97 Å². The second-order valence-corrected chi connectivity index (χ2v) is 5.45. The molecule has 3 nitrogen and oxygen atoms in total. The number of carbonyl (C=O) groups is 1. The second-order valence-electron chi connectivity index (χ2n) is 5.45. The van der Waals surface area contributed by atoms with E-state index in [1.807, 2.05) is 54.9 Å². The van der Waals surface area contributed by atoms with Crippen LogP contribution < -0.4 is 0 Å². The fourth-order valence-corrected chi connectivity index (χ4v) is 2.97. The van der Waals surface area contributed by atoms with Crippen LogP contribution >= 0.6 is 0 Å². The lowest BCUT2D eigenvalue weighted by Crippen LogP contribution is -1.96. The minimum atomic E-state index is -0.919. The quantitative estimate of drug-likeness (QED) is 0.581. The Balaban J connectivity index is 2.08. The number of carboxylic acid groups (broad SMARTS) is 1. The van der Waals surface area contributed by atoms with Crippen LogP contribution in [0.15, 0.2) is 73.1 Å². The average molecular weight is 299 g/mol. The Bertz CT molecular complexity index is 1050. The van der Waals surface area contributed by atoms with Gasteiger partial charge in [0.15, 0.2) is 0 Å². The summed E-state index contributed by atoms with van der Waals surface area (Å²) in [4.78, 5) is 15.6. The van der Waals surface area contributed by atoms with Crippen LogP contribution in [-0.2, 0) is 0 Å². The van der Waals surface area contributed by atoms with Crippen molar-refractivity contribution in [3.8, 4) is 11.1 Å². The fraction of sp³-hybridized carbons (Fsp3) is 0. The summed E-state index contributed by atoms with van der Waals surface area (Å²) in [7, 11) is 0. The van der Waals surface area contributed by atoms with Crippen LogP contribution in [0.25, 0.3) is 32.7 Å². The van der Waals surface area contributed by atoms with Gasteiger partial charge in [0.1, 0.15) is 0 Å². The molecule has 0 bridgehead atoms. The number of fused-ring (bicyclic) bond motifs is 2. The van der Waals surface area contributed by atoms with Crippen molar-refractivity contribution in [3.05, 3.63) is 78.6 Å². The Morgan fingerprint density at radius 1 is 0.783 bits per heavy atom. The van der Waals surface area contributed by atoms with Gasteiger partial charge in [0.05, 0.1) is 5.56 Å². The number of pyridine rings is 1. The van der Waals surface area contributed by atoms with Crippen LogP contribution in [0.5, 0.6) is 0 Å². The monoisotopic (exact) mass is 299 g/mol. The van der Waals surface area contributed by atoms with E-state index < -0.39 is 5.97 Å². The fourth-order valence-electron chi connectivity index (χ4n) is 2.97. The minimum Gasteiger partial charge on any atom is -0.478 e. The normalized spacial score (nSPS) is 11.0. The Kier molecular flexibility index (Phi) is 3.05. The van der Waals surface area contributed by atoms with Gasteiger partial charge in [-0.2, -0.15) is 0 Å². The summed E-state index contributed by atoms with van der Waals surface area (Å²) in [5.74, 6) is -0.919. The molecule has 1 aromatic heterocycles. The Morgan fingerprint density at radius 3 is 2.48 bits per heavy atom. The molecule has 0 fully saturated rings. The van der Waals surface area contributed by atoms with Crippen molar-refractivity contribution in [2.45, 2.75) is 0 Å². The highest BCUT2D eigenvalue weighted by atomic mass is 16.4. The number of hydrogen-bond acceptors (Lipinski definition) is 2. The van der Waals surface area contributed by atoms with Crippen LogP contribution in [0.2, 0.25) is 0 Å². The second kappa shape index (κ2) is 5.21. The molecule has 0 atom stereocenters. The highest BCUT2D eigenvalue weighted by Gasteiger charge is 2.10. The van der Waals surface area contributed by atoms with E-state index in [-0.39, 0.29) is 5.56 Å². The average Bonchev–Trinajstić information content (AvgIpc) is 2.60. The molecule has 1 heterocycles. The van der Waals surface area contributed by atoms with E-state index in [9.17, 15) is 9.90 Å². The van der Waals surface area contributed by atoms with Gasteiger partial charge in [-0.3, -0.25) is 4.98 Å². The van der Waals surface area contributed by atoms with Gasteiger partial charge in [-0.15, -0.1) is 0 Å². The lowest BCUT2D eigenvalue weighted by Gasteiger charge is -2.10. The molecule has 1 N–H and O–H groups in total. The van der Waals surface area contributed by atoms with Gasteiger partial charge in [-0.25, -0.2) is 4.79 Å². The third-order valence-electron chi connectivity index (χ3n) is 4.09. The molecular formula is C20H13NO2. The van der Waals surface area contributed by atoms with Gasteiger partial charge in [0.25, 0.3) is 0 Å². The molecule has 0 unspecified atom stereocenters. The summed E-state index contributed by atoms with van der Waals surface area (Å²) in [6, 6.07) is 19.3. The van der Waals surface area contributed by atoms with Crippen molar-refractivity contribution in [2.24, 2.45) is 0 Å². The van der Waals surface area contributed by atoms with Gasteiger partial charge in [-0.05, 0) is 33.9 Å². The van der Waals surface area contributed by atoms with Crippen molar-refractivity contribution in [1.29, 1.82) is 0 Å². The van der Waals surface area contributed by atoms with Gasteiger partial charge in [-0.1, -0.05) is 48.5 Å². The molecule has 0 saturated heterocycles. The number of benzene rings is 3. The molecule has 0 saturated carbocycles. The predicted molar refractivity (Wildman–Crippen MR) is 91.6 cm³/mol. The number of hydrogen-bond donors (Lipinski definition) is 1. The third-order valence-corrected chi connectivity index (χ3v) is 4.09. The maximum atomic E-state index is 11.3. The van der Waals surface area contributed by atoms with E-state index in [4.69, 9.17) is 0 Å². The SMILES string of the molecule is O=C(O)c1ccc2cccc(-c3cncc4ccccc34)c2c1. The molecule has 0 radical (unpaired) electrons. The topological polar surface area (TPSA) is 50.2 Å². The highest BCUT2D eigenvalue weighted by molar-refractivity contribution is 6.06. The van der Waals surface area contributed by atoms with Crippen LogP contribution in [0.1, 0.15) is 10.4 Å². The first-order valence-corrected chi connectivity index (χ1v) is 7.33. The van der Waals surface area contributed by atoms with E-state index >= 15 is 0 Å². The maximum absolute atomic E-state index is 11.3. The molecule has 0 spiro atoms. The number of nitrogens with zero attached hydrogens (tertiary/aromatic N) is 1. The van der Waals surface area contributed by atoms with E-state index in [0.717, 1.165) is 32.7 Å². The van der Waals surface area contributed by atoms with Crippen molar-refractivity contribution in [2.75, 3.05) is 0 Å². The molecule has 4 rings (SSSR count). The molecule has 0 aliphatic carbocycles. The highest BCUT2D eigenvalue weighted by Crippen LogP contribution is 2.33. The van der Waals surface area contributed by atoms with Gasteiger partial charge in [0, 0.05) is 23.3 Å². The zero-order chi connectivity index (χ0) is 15.8. The number of aromatic carboxylic acids is 1. The Morgan fingerprint density at radius 2 is 1.61 bits per heavy atom. The largest absolute Gasteiger partial charge is 0.478 e. The summed E-state index contributed by atoms with van der Waals surface area (Å²) in [6.07, 6.45) is 3.68.